The Morgan fingerprint density at radius 2 is 1.92 bits per heavy atom. The minimum absolute atomic E-state index is 0.00427. The Bertz CT molecular complexity index is 1050. The molecule has 0 saturated heterocycles. The van der Waals surface area contributed by atoms with Gasteiger partial charge in [-0.3, -0.25) is 0 Å². The van der Waals surface area contributed by atoms with Gasteiger partial charge in [-0.1, -0.05) is 48.0 Å². The average molecular weight is 336 g/mol. The molecule has 24 heavy (non-hydrogen) atoms. The molecule has 0 saturated carbocycles. The van der Waals surface area contributed by atoms with Crippen molar-refractivity contribution >= 4 is 28.1 Å². The van der Waals surface area contributed by atoms with Gasteiger partial charge in [-0.15, -0.1) is 0 Å². The maximum atomic E-state index is 13.4. The lowest BCUT2D eigenvalue weighted by Crippen LogP contribution is -2.09. The van der Waals surface area contributed by atoms with Crippen LogP contribution in [0, 0.1) is 17.1 Å². The summed E-state index contributed by atoms with van der Waals surface area (Å²) in [6.45, 7) is 0. The molecule has 1 heterocycles. The number of hydrogen-bond acceptors (Lipinski definition) is 2. The Morgan fingerprint density at radius 1 is 1.08 bits per heavy atom. The van der Waals surface area contributed by atoms with Gasteiger partial charge in [0.25, 0.3) is 0 Å². The number of nitrogens with zero attached hydrogens (tertiary/aromatic N) is 1. The second kappa shape index (κ2) is 5.67. The third-order valence-electron chi connectivity index (χ3n) is 4.12. The van der Waals surface area contributed by atoms with E-state index in [0.717, 1.165) is 22.1 Å². The molecule has 0 aliphatic carbocycles. The van der Waals surface area contributed by atoms with Gasteiger partial charge in [0.1, 0.15) is 17.3 Å². The predicted octanol–water partition coefficient (Wildman–Crippen LogP) is 5.50. The second-order valence-corrected chi connectivity index (χ2v) is 6.01. The van der Waals surface area contributed by atoms with Crippen LogP contribution in [-0.4, -0.2) is 0 Å². The zero-order chi connectivity index (χ0) is 16.7. The fourth-order valence-electron chi connectivity index (χ4n) is 2.94. The first-order valence-corrected chi connectivity index (χ1v) is 7.82. The summed E-state index contributed by atoms with van der Waals surface area (Å²) in [4.78, 5) is 0. The molecule has 1 aliphatic rings. The van der Waals surface area contributed by atoms with Crippen molar-refractivity contribution in [3.8, 4) is 11.8 Å². The standard InChI is InChI=1S/C20H11ClFNO/c21-17-10-14(7-8-18(17)22)19-15(11-23)9-13-6-5-12-3-1-2-4-16(12)20(13)24-19/h1-8,10H,9H2. The van der Waals surface area contributed by atoms with Crippen LogP contribution in [0.4, 0.5) is 4.39 Å². The van der Waals surface area contributed by atoms with Crippen molar-refractivity contribution in [1.82, 2.24) is 0 Å². The van der Waals surface area contributed by atoms with E-state index in [4.69, 9.17) is 16.3 Å². The van der Waals surface area contributed by atoms with Crippen LogP contribution in [0.1, 0.15) is 11.1 Å². The van der Waals surface area contributed by atoms with Crippen molar-refractivity contribution in [3.05, 3.63) is 82.1 Å². The third kappa shape index (κ3) is 2.33. The second-order valence-electron chi connectivity index (χ2n) is 5.60. The van der Waals surface area contributed by atoms with Gasteiger partial charge >= 0.3 is 0 Å². The van der Waals surface area contributed by atoms with E-state index in [1.54, 1.807) is 6.07 Å². The summed E-state index contributed by atoms with van der Waals surface area (Å²) in [7, 11) is 0. The summed E-state index contributed by atoms with van der Waals surface area (Å²) >= 11 is 5.88. The summed E-state index contributed by atoms with van der Waals surface area (Å²) in [5.74, 6) is 0.673. The smallest absolute Gasteiger partial charge is 0.148 e. The van der Waals surface area contributed by atoms with Crippen LogP contribution < -0.4 is 4.74 Å². The SMILES string of the molecule is N#CC1=C(c2ccc(F)c(Cl)c2)Oc2c(ccc3ccccc23)C1. The predicted molar refractivity (Wildman–Crippen MR) is 92.2 cm³/mol. The van der Waals surface area contributed by atoms with Crippen LogP contribution in [0.2, 0.25) is 5.02 Å². The molecule has 3 aromatic carbocycles. The summed E-state index contributed by atoms with van der Waals surface area (Å²) < 4.78 is 19.5. The van der Waals surface area contributed by atoms with Crippen LogP contribution in [0.5, 0.6) is 5.75 Å². The van der Waals surface area contributed by atoms with Crippen molar-refractivity contribution in [3.63, 3.8) is 0 Å². The molecule has 0 fully saturated rings. The van der Waals surface area contributed by atoms with Crippen molar-refractivity contribution in [1.29, 1.82) is 5.26 Å². The fraction of sp³-hybridized carbons (Fsp3) is 0.0500. The molecule has 0 amide bonds. The van der Waals surface area contributed by atoms with E-state index in [-0.39, 0.29) is 5.02 Å². The summed E-state index contributed by atoms with van der Waals surface area (Å²) in [6.07, 6.45) is 0.473. The topological polar surface area (TPSA) is 33.0 Å². The molecule has 0 aromatic heterocycles. The highest BCUT2D eigenvalue weighted by molar-refractivity contribution is 6.30. The van der Waals surface area contributed by atoms with Crippen LogP contribution in [0.15, 0.2) is 60.2 Å². The minimum Gasteiger partial charge on any atom is -0.455 e. The van der Waals surface area contributed by atoms with Gasteiger partial charge < -0.3 is 4.74 Å². The van der Waals surface area contributed by atoms with Gasteiger partial charge in [0.05, 0.1) is 16.7 Å². The van der Waals surface area contributed by atoms with E-state index >= 15 is 0 Å². The maximum absolute atomic E-state index is 13.4. The number of hydrogen-bond donors (Lipinski definition) is 0. The maximum Gasteiger partial charge on any atom is 0.148 e. The minimum atomic E-state index is -0.499. The zero-order valence-corrected chi connectivity index (χ0v) is 13.3. The number of nitriles is 1. The van der Waals surface area contributed by atoms with Gasteiger partial charge in [0.15, 0.2) is 0 Å². The number of rotatable bonds is 1. The summed E-state index contributed by atoms with van der Waals surface area (Å²) in [5.41, 5.74) is 2.05. The van der Waals surface area contributed by atoms with E-state index in [1.165, 1.54) is 12.1 Å². The lowest BCUT2D eigenvalue weighted by Gasteiger charge is -2.22. The first-order chi connectivity index (χ1) is 11.7. The first-order valence-electron chi connectivity index (χ1n) is 7.44. The molecular formula is C20H11ClFNO. The van der Waals surface area contributed by atoms with E-state index in [0.29, 0.717) is 23.3 Å². The molecule has 0 radical (unpaired) electrons. The Balaban J connectivity index is 1.89. The molecule has 0 spiro atoms. The Morgan fingerprint density at radius 3 is 2.71 bits per heavy atom. The Labute approximate surface area is 143 Å². The molecular weight excluding hydrogens is 325 g/mol. The van der Waals surface area contributed by atoms with Crippen LogP contribution >= 0.6 is 11.6 Å². The monoisotopic (exact) mass is 335 g/mol. The van der Waals surface area contributed by atoms with Gasteiger partial charge in [-0.25, -0.2) is 4.39 Å². The van der Waals surface area contributed by atoms with E-state index in [9.17, 15) is 9.65 Å². The lowest BCUT2D eigenvalue weighted by atomic mass is 9.95. The quantitative estimate of drug-likeness (QED) is 0.588. The highest BCUT2D eigenvalue weighted by atomic mass is 35.5. The third-order valence-corrected chi connectivity index (χ3v) is 4.41. The van der Waals surface area contributed by atoms with Gasteiger partial charge in [-0.05, 0) is 23.6 Å². The molecule has 2 nitrogen and oxygen atoms in total. The van der Waals surface area contributed by atoms with Crippen molar-refractivity contribution in [2.45, 2.75) is 6.42 Å². The molecule has 0 unspecified atom stereocenters. The number of fused-ring (bicyclic) bond motifs is 3. The van der Waals surface area contributed by atoms with E-state index < -0.39 is 5.82 Å². The number of ether oxygens (including phenoxy) is 1. The summed E-state index contributed by atoms with van der Waals surface area (Å²) in [6, 6.07) is 18.4. The van der Waals surface area contributed by atoms with Crippen molar-refractivity contribution in [2.24, 2.45) is 0 Å². The molecule has 0 bridgehead atoms. The molecule has 3 aromatic rings. The normalized spacial score (nSPS) is 13.4. The van der Waals surface area contributed by atoms with Gasteiger partial charge in [0, 0.05) is 22.9 Å². The van der Waals surface area contributed by atoms with Crippen molar-refractivity contribution < 1.29 is 9.13 Å². The Kier molecular flexibility index (Phi) is 3.48. The zero-order valence-electron chi connectivity index (χ0n) is 12.5. The Hall–Kier alpha value is -2.83. The van der Waals surface area contributed by atoms with Gasteiger partial charge in [0.2, 0.25) is 0 Å². The molecule has 0 atom stereocenters. The lowest BCUT2D eigenvalue weighted by molar-refractivity contribution is 0.500. The average Bonchev–Trinajstić information content (AvgIpc) is 2.62. The highest BCUT2D eigenvalue weighted by Gasteiger charge is 2.23. The van der Waals surface area contributed by atoms with Crippen LogP contribution in [0.25, 0.3) is 16.5 Å². The fourth-order valence-corrected chi connectivity index (χ4v) is 3.12. The van der Waals surface area contributed by atoms with E-state index in [1.807, 2.05) is 36.4 Å². The summed E-state index contributed by atoms with van der Waals surface area (Å²) in [5, 5.41) is 11.5. The molecule has 0 N–H and O–H groups in total. The molecule has 4 rings (SSSR count). The van der Waals surface area contributed by atoms with Crippen LogP contribution in [0.3, 0.4) is 0 Å². The molecule has 116 valence electrons. The highest BCUT2D eigenvalue weighted by Crippen LogP contribution is 2.39. The van der Waals surface area contributed by atoms with Crippen molar-refractivity contribution in [2.75, 3.05) is 0 Å². The molecule has 1 aliphatic heterocycles. The number of benzene rings is 3. The molecule has 4 heteroatoms. The first kappa shape index (κ1) is 14.7. The van der Waals surface area contributed by atoms with Crippen LogP contribution in [-0.2, 0) is 6.42 Å². The number of allylic oxidation sites excluding steroid dienone is 1. The number of halogens is 2. The van der Waals surface area contributed by atoms with Gasteiger partial charge in [-0.2, -0.15) is 5.26 Å². The largest absolute Gasteiger partial charge is 0.455 e. The van der Waals surface area contributed by atoms with E-state index in [2.05, 4.69) is 6.07 Å².